The molecule has 0 spiro atoms. The molecule has 0 radical (unpaired) electrons. The summed E-state index contributed by atoms with van der Waals surface area (Å²) in [6.07, 6.45) is 4.18. The van der Waals surface area contributed by atoms with E-state index in [1.54, 1.807) is 18.5 Å². The number of nitrogens with zero attached hydrogens (tertiary/aromatic N) is 1. The number of hydrogen-bond donors (Lipinski definition) is 2. The fourth-order valence-corrected chi connectivity index (χ4v) is 1.12. The van der Waals surface area contributed by atoms with Crippen LogP contribution >= 0.6 is 0 Å². The zero-order valence-corrected chi connectivity index (χ0v) is 9.16. The highest BCUT2D eigenvalue weighted by molar-refractivity contribution is 5.97. The van der Waals surface area contributed by atoms with Gasteiger partial charge in [-0.05, 0) is 18.4 Å². The monoisotopic (exact) mass is 207 g/mol. The maximum absolute atomic E-state index is 7.37. The second kappa shape index (κ2) is 5.34. The Balaban J connectivity index is 2.63. The van der Waals surface area contributed by atoms with Crippen molar-refractivity contribution >= 4 is 5.84 Å². The standard InChI is InChI=1S/C11H17N3O/c1-8(2)4-6-15-10-7-14-5-3-9(10)11(12)13/h3,5,7-8H,4,6H2,1-2H3,(H3,12,13). The van der Waals surface area contributed by atoms with Crippen LogP contribution in [-0.4, -0.2) is 17.4 Å². The predicted molar refractivity (Wildman–Crippen MR) is 60.2 cm³/mol. The van der Waals surface area contributed by atoms with Crippen molar-refractivity contribution in [2.75, 3.05) is 6.61 Å². The SMILES string of the molecule is CC(C)CCOc1cnccc1C(=N)N. The van der Waals surface area contributed by atoms with Gasteiger partial charge in [-0.25, -0.2) is 0 Å². The number of aromatic nitrogens is 1. The number of nitrogen functional groups attached to an aromatic ring is 1. The van der Waals surface area contributed by atoms with Crippen LogP contribution in [0.4, 0.5) is 0 Å². The summed E-state index contributed by atoms with van der Waals surface area (Å²) in [4.78, 5) is 3.95. The van der Waals surface area contributed by atoms with Crippen molar-refractivity contribution in [2.45, 2.75) is 20.3 Å². The first-order valence-corrected chi connectivity index (χ1v) is 5.02. The molecule has 0 fully saturated rings. The maximum Gasteiger partial charge on any atom is 0.148 e. The van der Waals surface area contributed by atoms with Crippen LogP contribution in [0.2, 0.25) is 0 Å². The number of ether oxygens (including phenoxy) is 1. The van der Waals surface area contributed by atoms with Crippen molar-refractivity contribution in [3.8, 4) is 5.75 Å². The molecule has 0 amide bonds. The first-order chi connectivity index (χ1) is 7.11. The van der Waals surface area contributed by atoms with E-state index >= 15 is 0 Å². The zero-order chi connectivity index (χ0) is 11.3. The number of nitrogens with two attached hydrogens (primary N) is 1. The van der Waals surface area contributed by atoms with Gasteiger partial charge in [-0.2, -0.15) is 0 Å². The van der Waals surface area contributed by atoms with Crippen molar-refractivity contribution < 1.29 is 4.74 Å². The maximum atomic E-state index is 7.37. The van der Waals surface area contributed by atoms with E-state index in [0.717, 1.165) is 6.42 Å². The van der Waals surface area contributed by atoms with E-state index in [4.69, 9.17) is 15.9 Å². The van der Waals surface area contributed by atoms with Crippen LogP contribution in [0, 0.1) is 11.3 Å². The average Bonchev–Trinajstić information content (AvgIpc) is 2.17. The van der Waals surface area contributed by atoms with Gasteiger partial charge in [-0.3, -0.25) is 10.4 Å². The molecular weight excluding hydrogens is 190 g/mol. The third-order valence-electron chi connectivity index (χ3n) is 2.03. The van der Waals surface area contributed by atoms with Crippen LogP contribution in [0.5, 0.6) is 5.75 Å². The van der Waals surface area contributed by atoms with E-state index < -0.39 is 0 Å². The molecule has 3 N–H and O–H groups in total. The van der Waals surface area contributed by atoms with Crippen LogP contribution in [-0.2, 0) is 0 Å². The van der Waals surface area contributed by atoms with Gasteiger partial charge < -0.3 is 10.5 Å². The molecule has 1 rings (SSSR count). The number of rotatable bonds is 5. The largest absolute Gasteiger partial charge is 0.491 e. The third-order valence-corrected chi connectivity index (χ3v) is 2.03. The molecule has 15 heavy (non-hydrogen) atoms. The average molecular weight is 207 g/mol. The highest BCUT2D eigenvalue weighted by Crippen LogP contribution is 2.16. The Bertz CT molecular complexity index is 336. The summed E-state index contributed by atoms with van der Waals surface area (Å²) in [6, 6.07) is 1.69. The Morgan fingerprint density at radius 1 is 1.60 bits per heavy atom. The van der Waals surface area contributed by atoms with E-state index in [0.29, 0.717) is 23.8 Å². The van der Waals surface area contributed by atoms with Crippen LogP contribution < -0.4 is 10.5 Å². The fourth-order valence-electron chi connectivity index (χ4n) is 1.12. The predicted octanol–water partition coefficient (Wildman–Crippen LogP) is 1.79. The molecule has 0 saturated heterocycles. The lowest BCUT2D eigenvalue weighted by Crippen LogP contribution is -2.14. The summed E-state index contributed by atoms with van der Waals surface area (Å²) in [5.41, 5.74) is 6.03. The van der Waals surface area contributed by atoms with Gasteiger partial charge in [-0.15, -0.1) is 0 Å². The minimum absolute atomic E-state index is 0.0111. The third kappa shape index (κ3) is 3.58. The Morgan fingerprint density at radius 2 is 2.33 bits per heavy atom. The second-order valence-corrected chi connectivity index (χ2v) is 3.82. The van der Waals surface area contributed by atoms with Gasteiger partial charge in [0.2, 0.25) is 0 Å². The number of amidine groups is 1. The first-order valence-electron chi connectivity index (χ1n) is 5.02. The smallest absolute Gasteiger partial charge is 0.148 e. The summed E-state index contributed by atoms with van der Waals surface area (Å²) >= 11 is 0. The molecule has 4 nitrogen and oxygen atoms in total. The van der Waals surface area contributed by atoms with Gasteiger partial charge in [0.15, 0.2) is 0 Å². The lowest BCUT2D eigenvalue weighted by Gasteiger charge is -2.10. The Morgan fingerprint density at radius 3 is 2.93 bits per heavy atom. The zero-order valence-electron chi connectivity index (χ0n) is 9.16. The van der Waals surface area contributed by atoms with Crippen LogP contribution in [0.15, 0.2) is 18.5 Å². The summed E-state index contributed by atoms with van der Waals surface area (Å²) in [7, 11) is 0. The fraction of sp³-hybridized carbons (Fsp3) is 0.455. The molecule has 0 aliphatic rings. The highest BCUT2D eigenvalue weighted by Gasteiger charge is 2.06. The molecule has 4 heteroatoms. The minimum atomic E-state index is 0.0111. The van der Waals surface area contributed by atoms with Crippen LogP contribution in [0.1, 0.15) is 25.8 Å². The summed E-state index contributed by atoms with van der Waals surface area (Å²) in [6.45, 7) is 4.90. The molecule has 0 atom stereocenters. The van der Waals surface area contributed by atoms with Crippen molar-refractivity contribution in [2.24, 2.45) is 11.7 Å². The summed E-state index contributed by atoms with van der Waals surface area (Å²) in [5.74, 6) is 1.20. The molecule has 1 aromatic heterocycles. The lowest BCUT2D eigenvalue weighted by molar-refractivity contribution is 0.288. The molecule has 0 aliphatic carbocycles. The molecule has 0 bridgehead atoms. The molecule has 0 aromatic carbocycles. The normalized spacial score (nSPS) is 10.3. The number of hydrogen-bond acceptors (Lipinski definition) is 3. The van der Waals surface area contributed by atoms with Crippen molar-refractivity contribution in [1.82, 2.24) is 4.98 Å². The highest BCUT2D eigenvalue weighted by atomic mass is 16.5. The van der Waals surface area contributed by atoms with Gasteiger partial charge in [0.05, 0.1) is 18.4 Å². The van der Waals surface area contributed by atoms with Gasteiger partial charge in [0.1, 0.15) is 11.6 Å². The van der Waals surface area contributed by atoms with E-state index in [1.165, 1.54) is 0 Å². The van der Waals surface area contributed by atoms with Gasteiger partial charge in [-0.1, -0.05) is 13.8 Å². The molecule has 1 heterocycles. The van der Waals surface area contributed by atoms with Gasteiger partial charge in [0.25, 0.3) is 0 Å². The van der Waals surface area contributed by atoms with E-state index in [2.05, 4.69) is 18.8 Å². The summed E-state index contributed by atoms with van der Waals surface area (Å²) in [5, 5.41) is 7.37. The van der Waals surface area contributed by atoms with E-state index in [9.17, 15) is 0 Å². The van der Waals surface area contributed by atoms with Gasteiger partial charge >= 0.3 is 0 Å². The molecule has 0 unspecified atom stereocenters. The molecule has 0 saturated carbocycles. The second-order valence-electron chi connectivity index (χ2n) is 3.82. The van der Waals surface area contributed by atoms with Crippen molar-refractivity contribution in [3.05, 3.63) is 24.0 Å². The summed E-state index contributed by atoms with van der Waals surface area (Å²) < 4.78 is 5.53. The number of pyridine rings is 1. The molecule has 82 valence electrons. The number of nitrogens with one attached hydrogen (secondary N) is 1. The quantitative estimate of drug-likeness (QED) is 0.571. The Kier molecular flexibility index (Phi) is 4.09. The Labute approximate surface area is 90.0 Å². The van der Waals surface area contributed by atoms with Crippen molar-refractivity contribution in [3.63, 3.8) is 0 Å². The van der Waals surface area contributed by atoms with Crippen LogP contribution in [0.3, 0.4) is 0 Å². The lowest BCUT2D eigenvalue weighted by atomic mass is 10.1. The molecule has 1 aromatic rings. The van der Waals surface area contributed by atoms with Crippen molar-refractivity contribution in [1.29, 1.82) is 5.41 Å². The minimum Gasteiger partial charge on any atom is -0.491 e. The van der Waals surface area contributed by atoms with E-state index in [1.807, 2.05) is 0 Å². The van der Waals surface area contributed by atoms with Crippen LogP contribution in [0.25, 0.3) is 0 Å². The molecule has 0 aliphatic heterocycles. The van der Waals surface area contributed by atoms with Gasteiger partial charge in [0, 0.05) is 6.20 Å². The van der Waals surface area contributed by atoms with E-state index in [-0.39, 0.29) is 5.84 Å². The Hall–Kier alpha value is -1.58. The topological polar surface area (TPSA) is 72.0 Å². The molecular formula is C11H17N3O. The first kappa shape index (κ1) is 11.5.